The molecule has 0 unspecified atom stereocenters. The molecule has 1 fully saturated rings. The highest BCUT2D eigenvalue weighted by molar-refractivity contribution is 5.87. The van der Waals surface area contributed by atoms with Crippen LogP contribution in [0.1, 0.15) is 28.8 Å². The van der Waals surface area contributed by atoms with Crippen molar-refractivity contribution in [3.05, 3.63) is 35.4 Å². The molecule has 3 N–H and O–H groups in total. The molecule has 0 atom stereocenters. The maximum Gasteiger partial charge on any atom is 0.335 e. The van der Waals surface area contributed by atoms with Gasteiger partial charge in [0.05, 0.1) is 5.56 Å². The summed E-state index contributed by atoms with van der Waals surface area (Å²) in [6, 6.07) is 6.56. The third-order valence-corrected chi connectivity index (χ3v) is 3.15. The van der Waals surface area contributed by atoms with Gasteiger partial charge in [0, 0.05) is 13.1 Å². The Morgan fingerprint density at radius 1 is 1.16 bits per heavy atom. The van der Waals surface area contributed by atoms with E-state index in [1.54, 1.807) is 24.3 Å². The molecule has 0 heterocycles. The van der Waals surface area contributed by atoms with Gasteiger partial charge in [-0.2, -0.15) is 0 Å². The summed E-state index contributed by atoms with van der Waals surface area (Å²) in [5, 5.41) is 14.4. The fourth-order valence-electron chi connectivity index (χ4n) is 1.76. The first-order valence-corrected chi connectivity index (χ1v) is 6.49. The average molecular weight is 262 g/mol. The highest BCUT2D eigenvalue weighted by atomic mass is 16.4. The molecule has 19 heavy (non-hydrogen) atoms. The molecule has 5 heteroatoms. The fourth-order valence-corrected chi connectivity index (χ4v) is 1.76. The minimum atomic E-state index is -0.927. The van der Waals surface area contributed by atoms with Crippen molar-refractivity contribution in [2.45, 2.75) is 19.3 Å². The summed E-state index contributed by atoms with van der Waals surface area (Å²) in [5.41, 5.74) is 1.28. The van der Waals surface area contributed by atoms with Crippen molar-refractivity contribution in [3.63, 3.8) is 0 Å². The van der Waals surface area contributed by atoms with Gasteiger partial charge in [-0.15, -0.1) is 0 Å². The number of carboxylic acid groups (broad SMARTS) is 1. The van der Waals surface area contributed by atoms with E-state index in [9.17, 15) is 9.59 Å². The minimum absolute atomic E-state index is 0.131. The van der Waals surface area contributed by atoms with Crippen LogP contribution in [-0.4, -0.2) is 30.2 Å². The first-order valence-electron chi connectivity index (χ1n) is 6.49. The van der Waals surface area contributed by atoms with E-state index >= 15 is 0 Å². The largest absolute Gasteiger partial charge is 0.478 e. The molecule has 1 aromatic rings. The Hall–Kier alpha value is -2.04. The molecule has 0 radical (unpaired) electrons. The highest BCUT2D eigenvalue weighted by Crippen LogP contribution is 2.27. The molecule has 1 saturated carbocycles. The van der Waals surface area contributed by atoms with Crippen molar-refractivity contribution in [2.24, 2.45) is 5.92 Å². The van der Waals surface area contributed by atoms with Gasteiger partial charge in [-0.25, -0.2) is 9.59 Å². The smallest absolute Gasteiger partial charge is 0.335 e. The Morgan fingerprint density at radius 3 is 2.42 bits per heavy atom. The molecule has 2 rings (SSSR count). The Bertz CT molecular complexity index is 452. The van der Waals surface area contributed by atoms with Crippen molar-refractivity contribution in [1.29, 1.82) is 0 Å². The van der Waals surface area contributed by atoms with Gasteiger partial charge in [-0.3, -0.25) is 0 Å². The van der Waals surface area contributed by atoms with Crippen LogP contribution >= 0.6 is 0 Å². The lowest BCUT2D eigenvalue weighted by atomic mass is 10.1. The molecule has 1 aliphatic rings. The van der Waals surface area contributed by atoms with E-state index in [0.29, 0.717) is 18.9 Å². The zero-order chi connectivity index (χ0) is 13.7. The van der Waals surface area contributed by atoms with E-state index in [1.165, 1.54) is 12.8 Å². The Kier molecular flexibility index (Phi) is 4.39. The van der Waals surface area contributed by atoms with E-state index in [4.69, 9.17) is 5.11 Å². The molecule has 2 amide bonds. The summed E-state index contributed by atoms with van der Waals surface area (Å²) >= 11 is 0. The van der Waals surface area contributed by atoms with Crippen molar-refractivity contribution < 1.29 is 14.7 Å². The van der Waals surface area contributed by atoms with Crippen molar-refractivity contribution in [3.8, 4) is 0 Å². The summed E-state index contributed by atoms with van der Waals surface area (Å²) in [6.45, 7) is 1.31. The van der Waals surface area contributed by atoms with Crippen LogP contribution in [0, 0.1) is 5.92 Å². The van der Waals surface area contributed by atoms with Crippen LogP contribution in [0.2, 0.25) is 0 Å². The van der Waals surface area contributed by atoms with E-state index in [0.717, 1.165) is 12.1 Å². The van der Waals surface area contributed by atoms with Crippen LogP contribution in [0.4, 0.5) is 4.79 Å². The number of carbonyl (C=O) groups is 2. The first kappa shape index (κ1) is 13.4. The summed E-state index contributed by atoms with van der Waals surface area (Å²) in [4.78, 5) is 22.1. The standard InChI is InChI=1S/C14H18N2O3/c17-13(18)12-5-3-10(4-6-12)7-8-15-14(19)16-9-11-1-2-11/h3-6,11H,1-2,7-9H2,(H,17,18)(H2,15,16,19). The van der Waals surface area contributed by atoms with Crippen LogP contribution in [0.3, 0.4) is 0 Å². The first-order chi connectivity index (χ1) is 9.15. The Morgan fingerprint density at radius 2 is 1.84 bits per heavy atom. The summed E-state index contributed by atoms with van der Waals surface area (Å²) in [5.74, 6) is -0.251. The quantitative estimate of drug-likeness (QED) is 0.729. The van der Waals surface area contributed by atoms with Crippen LogP contribution in [0.25, 0.3) is 0 Å². The number of benzene rings is 1. The third-order valence-electron chi connectivity index (χ3n) is 3.15. The molecule has 102 valence electrons. The molecule has 0 spiro atoms. The topological polar surface area (TPSA) is 78.4 Å². The van der Waals surface area contributed by atoms with Crippen LogP contribution in [0.15, 0.2) is 24.3 Å². The molecular formula is C14H18N2O3. The number of urea groups is 1. The second-order valence-electron chi connectivity index (χ2n) is 4.83. The van der Waals surface area contributed by atoms with Gasteiger partial charge in [-0.1, -0.05) is 12.1 Å². The van der Waals surface area contributed by atoms with E-state index in [2.05, 4.69) is 10.6 Å². The van der Waals surface area contributed by atoms with Crippen LogP contribution in [0.5, 0.6) is 0 Å². The predicted octanol–water partition coefficient (Wildman–Crippen LogP) is 1.64. The second kappa shape index (κ2) is 6.22. The van der Waals surface area contributed by atoms with Gasteiger partial charge < -0.3 is 15.7 Å². The number of nitrogens with one attached hydrogen (secondary N) is 2. The normalized spacial score (nSPS) is 13.9. The Balaban J connectivity index is 1.66. The SMILES string of the molecule is O=C(NCCc1ccc(C(=O)O)cc1)NCC1CC1. The van der Waals surface area contributed by atoms with E-state index in [1.807, 2.05) is 0 Å². The minimum Gasteiger partial charge on any atom is -0.478 e. The molecule has 0 saturated heterocycles. The number of hydrogen-bond donors (Lipinski definition) is 3. The molecule has 1 aliphatic carbocycles. The summed E-state index contributed by atoms with van der Waals surface area (Å²) < 4.78 is 0. The third kappa shape index (κ3) is 4.62. The van der Waals surface area contributed by atoms with Gasteiger partial charge in [0.1, 0.15) is 0 Å². The Labute approximate surface area is 112 Å². The highest BCUT2D eigenvalue weighted by Gasteiger charge is 2.21. The maximum absolute atomic E-state index is 11.4. The zero-order valence-corrected chi connectivity index (χ0v) is 10.7. The molecule has 5 nitrogen and oxygen atoms in total. The second-order valence-corrected chi connectivity index (χ2v) is 4.83. The average Bonchev–Trinajstić information content (AvgIpc) is 3.21. The molecular weight excluding hydrogens is 244 g/mol. The van der Waals surface area contributed by atoms with Crippen molar-refractivity contribution >= 4 is 12.0 Å². The lowest BCUT2D eigenvalue weighted by molar-refractivity contribution is 0.0697. The lowest BCUT2D eigenvalue weighted by Crippen LogP contribution is -2.37. The number of amides is 2. The molecule has 0 bridgehead atoms. The molecule has 0 aromatic heterocycles. The molecule has 1 aromatic carbocycles. The van der Waals surface area contributed by atoms with Crippen LogP contribution < -0.4 is 10.6 Å². The van der Waals surface area contributed by atoms with E-state index < -0.39 is 5.97 Å². The van der Waals surface area contributed by atoms with E-state index in [-0.39, 0.29) is 11.6 Å². The van der Waals surface area contributed by atoms with Gasteiger partial charge in [0.2, 0.25) is 0 Å². The fraction of sp³-hybridized carbons (Fsp3) is 0.429. The monoisotopic (exact) mass is 262 g/mol. The van der Waals surface area contributed by atoms with Crippen molar-refractivity contribution in [2.75, 3.05) is 13.1 Å². The van der Waals surface area contributed by atoms with Crippen LogP contribution in [-0.2, 0) is 6.42 Å². The number of hydrogen-bond acceptors (Lipinski definition) is 2. The summed E-state index contributed by atoms with van der Waals surface area (Å²) in [6.07, 6.45) is 3.13. The molecule has 0 aliphatic heterocycles. The number of carbonyl (C=O) groups excluding carboxylic acids is 1. The van der Waals surface area contributed by atoms with Gasteiger partial charge >= 0.3 is 12.0 Å². The van der Waals surface area contributed by atoms with Gasteiger partial charge in [0.25, 0.3) is 0 Å². The maximum atomic E-state index is 11.4. The van der Waals surface area contributed by atoms with Gasteiger partial charge in [-0.05, 0) is 42.9 Å². The van der Waals surface area contributed by atoms with Crippen molar-refractivity contribution in [1.82, 2.24) is 10.6 Å². The number of carboxylic acids is 1. The lowest BCUT2D eigenvalue weighted by Gasteiger charge is -2.07. The summed E-state index contributed by atoms with van der Waals surface area (Å²) in [7, 11) is 0. The number of rotatable bonds is 6. The zero-order valence-electron chi connectivity index (χ0n) is 10.7. The van der Waals surface area contributed by atoms with Gasteiger partial charge in [0.15, 0.2) is 0 Å². The predicted molar refractivity (Wildman–Crippen MR) is 71.2 cm³/mol. The number of aromatic carboxylic acids is 1.